The van der Waals surface area contributed by atoms with Gasteiger partial charge in [0.25, 0.3) is 15.8 Å². The van der Waals surface area contributed by atoms with E-state index < -0.39 is 15.8 Å². The van der Waals surface area contributed by atoms with Gasteiger partial charge in [-0.2, -0.15) is 0 Å². The number of ether oxygens (including phenoxy) is 2. The van der Waals surface area contributed by atoms with Crippen molar-refractivity contribution in [2.45, 2.75) is 36.4 Å². The molecular formula is C15H13Cl2NO4S2. The summed E-state index contributed by atoms with van der Waals surface area (Å²) in [5.41, 5.74) is 0.380. The Kier molecular flexibility index (Phi) is 3.87. The molecule has 0 bridgehead atoms. The summed E-state index contributed by atoms with van der Waals surface area (Å²) in [5.74, 6) is 0.604. The van der Waals surface area contributed by atoms with Crippen molar-refractivity contribution in [3.63, 3.8) is 0 Å². The summed E-state index contributed by atoms with van der Waals surface area (Å²) < 4.78 is 39.7. The van der Waals surface area contributed by atoms with Gasteiger partial charge in [-0.05, 0) is 31.0 Å². The first-order valence-electron chi connectivity index (χ1n) is 7.37. The Bertz CT molecular complexity index is 904. The van der Waals surface area contributed by atoms with Gasteiger partial charge in [-0.25, -0.2) is 8.42 Å². The van der Waals surface area contributed by atoms with Crippen LogP contribution in [-0.2, 0) is 10.0 Å². The summed E-state index contributed by atoms with van der Waals surface area (Å²) in [5, 5.41) is 0. The third-order valence-corrected chi connectivity index (χ3v) is 7.20. The first-order valence-corrected chi connectivity index (χ1v) is 10.4. The summed E-state index contributed by atoms with van der Waals surface area (Å²) in [7, 11) is -3.82. The van der Waals surface area contributed by atoms with Gasteiger partial charge in [0.05, 0.1) is 10.0 Å². The van der Waals surface area contributed by atoms with Crippen molar-refractivity contribution in [1.82, 2.24) is 0 Å². The van der Waals surface area contributed by atoms with E-state index in [-0.39, 0.29) is 9.23 Å². The zero-order valence-electron chi connectivity index (χ0n) is 12.3. The maximum atomic E-state index is 12.5. The number of hydrogen-bond acceptors (Lipinski definition) is 5. The molecule has 1 saturated carbocycles. The van der Waals surface area contributed by atoms with Crippen molar-refractivity contribution in [2.75, 3.05) is 4.72 Å². The smallest absolute Gasteiger partial charge is 0.264 e. The van der Waals surface area contributed by atoms with Crippen LogP contribution in [-0.4, -0.2) is 14.2 Å². The molecule has 1 aromatic carbocycles. The fourth-order valence-corrected chi connectivity index (χ4v) is 6.19. The molecule has 9 heteroatoms. The van der Waals surface area contributed by atoms with Crippen LogP contribution in [0.3, 0.4) is 0 Å². The third kappa shape index (κ3) is 2.83. The number of nitrogens with one attached hydrogen (secondary N) is 1. The summed E-state index contributed by atoms with van der Waals surface area (Å²) in [6.07, 6.45) is 3.80. The lowest BCUT2D eigenvalue weighted by Crippen LogP contribution is -2.34. The topological polar surface area (TPSA) is 64.6 Å². The van der Waals surface area contributed by atoms with Crippen molar-refractivity contribution in [2.24, 2.45) is 0 Å². The van der Waals surface area contributed by atoms with Crippen molar-refractivity contribution >= 4 is 50.2 Å². The SMILES string of the molecule is O=S(=O)(Nc1ccc2c(c1)OC1(CCCC1)O2)c1cc(Cl)sc1Cl. The summed E-state index contributed by atoms with van der Waals surface area (Å²) >= 11 is 12.8. The summed E-state index contributed by atoms with van der Waals surface area (Å²) in [6.45, 7) is 0. The molecule has 1 N–H and O–H groups in total. The molecular weight excluding hydrogens is 393 g/mol. The second kappa shape index (κ2) is 5.69. The van der Waals surface area contributed by atoms with E-state index in [9.17, 15) is 8.42 Å². The number of anilines is 1. The standard InChI is InChI=1S/C15H13Cl2NO4S2/c16-13-8-12(14(17)23-13)24(19,20)18-9-3-4-10-11(7-9)22-15(21-10)5-1-2-6-15/h3-4,7-8,18H,1-2,5-6H2. The van der Waals surface area contributed by atoms with Crippen LogP contribution in [0.4, 0.5) is 5.69 Å². The van der Waals surface area contributed by atoms with Gasteiger partial charge in [0, 0.05) is 18.9 Å². The Labute approximate surface area is 153 Å². The first-order chi connectivity index (χ1) is 11.4. The number of thiophene rings is 1. The van der Waals surface area contributed by atoms with E-state index in [2.05, 4.69) is 4.72 Å². The monoisotopic (exact) mass is 405 g/mol. The van der Waals surface area contributed by atoms with Crippen molar-refractivity contribution < 1.29 is 17.9 Å². The van der Waals surface area contributed by atoms with Gasteiger partial charge < -0.3 is 9.47 Å². The van der Waals surface area contributed by atoms with Gasteiger partial charge in [0.2, 0.25) is 0 Å². The van der Waals surface area contributed by atoms with Crippen LogP contribution in [0.1, 0.15) is 25.7 Å². The molecule has 0 unspecified atom stereocenters. The van der Waals surface area contributed by atoms with Crippen molar-refractivity contribution in [3.05, 3.63) is 32.9 Å². The maximum Gasteiger partial charge on any atom is 0.264 e. The average Bonchev–Trinajstić information content (AvgIpc) is 3.18. The lowest BCUT2D eigenvalue weighted by atomic mass is 10.2. The van der Waals surface area contributed by atoms with E-state index >= 15 is 0 Å². The highest BCUT2D eigenvalue weighted by molar-refractivity contribution is 7.93. The van der Waals surface area contributed by atoms with Gasteiger partial charge >= 0.3 is 0 Å². The fourth-order valence-electron chi connectivity index (χ4n) is 2.99. The Balaban J connectivity index is 1.60. The van der Waals surface area contributed by atoms with E-state index in [1.807, 2.05) is 0 Å². The maximum absolute atomic E-state index is 12.5. The molecule has 0 atom stereocenters. The number of sulfonamides is 1. The molecule has 5 nitrogen and oxygen atoms in total. The molecule has 2 heterocycles. The number of rotatable bonds is 3. The van der Waals surface area contributed by atoms with Crippen LogP contribution in [0, 0.1) is 0 Å². The molecule has 1 aliphatic heterocycles. The molecule has 0 radical (unpaired) electrons. The quantitative estimate of drug-likeness (QED) is 0.788. The van der Waals surface area contributed by atoms with Crippen LogP contribution >= 0.6 is 34.5 Å². The second-order valence-electron chi connectivity index (χ2n) is 5.78. The van der Waals surface area contributed by atoms with E-state index in [0.717, 1.165) is 37.0 Å². The molecule has 1 aliphatic carbocycles. The number of halogens is 2. The van der Waals surface area contributed by atoms with Crippen LogP contribution < -0.4 is 14.2 Å². The van der Waals surface area contributed by atoms with E-state index in [4.69, 9.17) is 32.7 Å². The first kappa shape index (κ1) is 16.3. The minimum Gasteiger partial charge on any atom is -0.448 e. The second-order valence-corrected chi connectivity index (χ2v) is 9.71. The van der Waals surface area contributed by atoms with Gasteiger partial charge in [0.1, 0.15) is 9.23 Å². The Morgan fingerprint density at radius 2 is 1.79 bits per heavy atom. The summed E-state index contributed by atoms with van der Waals surface area (Å²) in [4.78, 5) is -0.0379. The van der Waals surface area contributed by atoms with Crippen molar-refractivity contribution in [1.29, 1.82) is 0 Å². The predicted molar refractivity (Wildman–Crippen MR) is 94.0 cm³/mol. The number of fused-ring (bicyclic) bond motifs is 1. The number of benzene rings is 1. The van der Waals surface area contributed by atoms with Gasteiger partial charge in [-0.15, -0.1) is 11.3 Å². The lowest BCUT2D eigenvalue weighted by Gasteiger charge is -2.21. The zero-order valence-corrected chi connectivity index (χ0v) is 15.5. The molecule has 128 valence electrons. The predicted octanol–water partition coefficient (Wildman–Crippen LogP) is 4.90. The highest BCUT2D eigenvalue weighted by Gasteiger charge is 2.44. The highest BCUT2D eigenvalue weighted by Crippen LogP contribution is 2.47. The molecule has 2 aromatic rings. The molecule has 1 aromatic heterocycles. The molecule has 0 amide bonds. The molecule has 24 heavy (non-hydrogen) atoms. The molecule has 2 aliphatic rings. The van der Waals surface area contributed by atoms with Crippen LogP contribution in [0.5, 0.6) is 11.5 Å². The Hall–Kier alpha value is -1.15. The normalized spacial score (nSPS) is 18.2. The largest absolute Gasteiger partial charge is 0.448 e. The third-order valence-electron chi connectivity index (χ3n) is 4.07. The van der Waals surface area contributed by atoms with Crippen LogP contribution in [0.2, 0.25) is 8.67 Å². The Morgan fingerprint density at radius 1 is 1.08 bits per heavy atom. The Morgan fingerprint density at radius 3 is 2.46 bits per heavy atom. The lowest BCUT2D eigenvalue weighted by molar-refractivity contribution is -0.0716. The minimum atomic E-state index is -3.82. The van der Waals surface area contributed by atoms with Crippen LogP contribution in [0.25, 0.3) is 0 Å². The van der Waals surface area contributed by atoms with E-state index in [1.165, 1.54) is 6.07 Å². The molecule has 1 fully saturated rings. The van der Waals surface area contributed by atoms with E-state index in [1.54, 1.807) is 18.2 Å². The molecule has 4 rings (SSSR count). The minimum absolute atomic E-state index is 0.0379. The molecule has 1 spiro atoms. The zero-order chi connectivity index (χ0) is 16.9. The van der Waals surface area contributed by atoms with Gasteiger partial charge in [-0.3, -0.25) is 4.72 Å². The highest BCUT2D eigenvalue weighted by atomic mass is 35.5. The van der Waals surface area contributed by atoms with Gasteiger partial charge in [0.15, 0.2) is 11.5 Å². The van der Waals surface area contributed by atoms with Crippen LogP contribution in [0.15, 0.2) is 29.2 Å². The fraction of sp³-hybridized carbons (Fsp3) is 0.333. The number of hydrogen-bond donors (Lipinski definition) is 1. The van der Waals surface area contributed by atoms with Crippen molar-refractivity contribution in [3.8, 4) is 11.5 Å². The van der Waals surface area contributed by atoms with E-state index in [0.29, 0.717) is 21.5 Å². The summed E-state index contributed by atoms with van der Waals surface area (Å²) in [6, 6.07) is 6.30. The molecule has 0 saturated heterocycles. The van der Waals surface area contributed by atoms with Gasteiger partial charge in [-0.1, -0.05) is 23.2 Å². The average molecular weight is 406 g/mol.